The van der Waals surface area contributed by atoms with Gasteiger partial charge in [0.25, 0.3) is 0 Å². The highest BCUT2D eigenvalue weighted by molar-refractivity contribution is 5.48. The van der Waals surface area contributed by atoms with E-state index in [-0.39, 0.29) is 0 Å². The fourth-order valence-electron chi connectivity index (χ4n) is 3.30. The maximum Gasteiger partial charge on any atom is 0.130 e. The monoisotopic (exact) mass is 310 g/mol. The molecule has 0 bridgehead atoms. The molecule has 0 unspecified atom stereocenters. The number of pyridine rings is 1. The maximum absolute atomic E-state index is 5.97. The Kier molecular flexibility index (Phi) is 4.85. The lowest BCUT2D eigenvalue weighted by Crippen LogP contribution is -2.29. The van der Waals surface area contributed by atoms with Crippen molar-refractivity contribution in [2.24, 2.45) is 0 Å². The Morgan fingerprint density at radius 1 is 0.913 bits per heavy atom. The topological polar surface area (TPSA) is 25.4 Å². The van der Waals surface area contributed by atoms with E-state index < -0.39 is 0 Å². The van der Waals surface area contributed by atoms with E-state index in [0.29, 0.717) is 6.61 Å². The van der Waals surface area contributed by atoms with Crippen molar-refractivity contribution in [3.8, 4) is 5.75 Å². The summed E-state index contributed by atoms with van der Waals surface area (Å²) in [5, 5.41) is 0. The summed E-state index contributed by atoms with van der Waals surface area (Å²) in [7, 11) is 0. The zero-order chi connectivity index (χ0) is 16.2. The van der Waals surface area contributed by atoms with E-state index in [1.54, 1.807) is 0 Å². The second-order valence-electron chi connectivity index (χ2n) is 6.62. The van der Waals surface area contributed by atoms with Crippen LogP contribution in [-0.2, 0) is 6.61 Å². The molecule has 23 heavy (non-hydrogen) atoms. The summed E-state index contributed by atoms with van der Waals surface area (Å²) < 4.78 is 5.97. The normalized spacial score (nSPS) is 14.8. The second-order valence-corrected chi connectivity index (χ2v) is 6.62. The van der Waals surface area contributed by atoms with E-state index in [1.165, 1.54) is 36.1 Å². The largest absolute Gasteiger partial charge is 0.487 e. The van der Waals surface area contributed by atoms with Crippen LogP contribution in [0.2, 0.25) is 0 Å². The Morgan fingerprint density at radius 3 is 2.30 bits per heavy atom. The Balaban J connectivity index is 1.73. The first-order chi connectivity index (χ1) is 11.1. The van der Waals surface area contributed by atoms with Crippen molar-refractivity contribution in [2.45, 2.75) is 46.6 Å². The van der Waals surface area contributed by atoms with Crippen molar-refractivity contribution in [3.63, 3.8) is 0 Å². The quantitative estimate of drug-likeness (QED) is 0.826. The summed E-state index contributed by atoms with van der Waals surface area (Å²) in [6, 6.07) is 10.7. The van der Waals surface area contributed by atoms with E-state index in [9.17, 15) is 0 Å². The van der Waals surface area contributed by atoms with Crippen molar-refractivity contribution in [1.29, 1.82) is 0 Å². The van der Waals surface area contributed by atoms with Crippen LogP contribution in [0.25, 0.3) is 0 Å². The smallest absolute Gasteiger partial charge is 0.130 e. The minimum Gasteiger partial charge on any atom is -0.487 e. The third kappa shape index (κ3) is 4.25. The molecule has 1 fully saturated rings. The minimum atomic E-state index is 0.519. The highest BCUT2D eigenvalue weighted by atomic mass is 16.5. The van der Waals surface area contributed by atoms with Gasteiger partial charge in [-0.1, -0.05) is 6.07 Å². The first kappa shape index (κ1) is 15.9. The lowest BCUT2D eigenvalue weighted by molar-refractivity contribution is 0.300. The van der Waals surface area contributed by atoms with Gasteiger partial charge < -0.3 is 9.64 Å². The van der Waals surface area contributed by atoms with Crippen LogP contribution >= 0.6 is 0 Å². The molecule has 0 saturated carbocycles. The van der Waals surface area contributed by atoms with E-state index in [0.717, 1.165) is 30.2 Å². The predicted molar refractivity (Wildman–Crippen MR) is 95.3 cm³/mol. The number of piperidine rings is 1. The molecule has 0 aliphatic carbocycles. The minimum absolute atomic E-state index is 0.519. The molecule has 2 aromatic rings. The highest BCUT2D eigenvalue weighted by Gasteiger charge is 2.12. The van der Waals surface area contributed by atoms with Crippen LogP contribution in [0.5, 0.6) is 5.75 Å². The van der Waals surface area contributed by atoms with Crippen molar-refractivity contribution in [1.82, 2.24) is 4.98 Å². The number of hydrogen-bond acceptors (Lipinski definition) is 3. The molecule has 1 aromatic heterocycles. The molecule has 0 atom stereocenters. The molecule has 1 saturated heterocycles. The molecule has 0 radical (unpaired) electrons. The number of ether oxygens (including phenoxy) is 1. The molecule has 3 heteroatoms. The maximum atomic E-state index is 5.97. The molecule has 1 aliphatic rings. The van der Waals surface area contributed by atoms with E-state index in [1.807, 2.05) is 0 Å². The van der Waals surface area contributed by atoms with Crippen molar-refractivity contribution in [2.75, 3.05) is 18.0 Å². The van der Waals surface area contributed by atoms with Gasteiger partial charge in [-0.3, -0.25) is 4.98 Å². The van der Waals surface area contributed by atoms with Gasteiger partial charge in [-0.2, -0.15) is 0 Å². The van der Waals surface area contributed by atoms with Gasteiger partial charge >= 0.3 is 0 Å². The van der Waals surface area contributed by atoms with Crippen LogP contribution in [0.1, 0.15) is 41.8 Å². The molecule has 0 spiro atoms. The van der Waals surface area contributed by atoms with Crippen LogP contribution in [0.4, 0.5) is 5.69 Å². The van der Waals surface area contributed by atoms with Crippen LogP contribution < -0.4 is 9.64 Å². The fraction of sp³-hybridized carbons (Fsp3) is 0.450. The van der Waals surface area contributed by atoms with Gasteiger partial charge in [-0.25, -0.2) is 0 Å². The number of aryl methyl sites for hydroxylation is 3. The number of anilines is 1. The molecular formula is C20H26N2O. The average molecular weight is 310 g/mol. The van der Waals surface area contributed by atoms with Gasteiger partial charge in [-0.15, -0.1) is 0 Å². The average Bonchev–Trinajstić information content (AvgIpc) is 2.52. The van der Waals surface area contributed by atoms with E-state index >= 15 is 0 Å². The van der Waals surface area contributed by atoms with E-state index in [4.69, 9.17) is 4.74 Å². The number of rotatable bonds is 4. The summed E-state index contributed by atoms with van der Waals surface area (Å²) in [6.45, 7) is 9.08. The van der Waals surface area contributed by atoms with Crippen LogP contribution in [-0.4, -0.2) is 18.1 Å². The first-order valence-corrected chi connectivity index (χ1v) is 8.54. The molecule has 3 nitrogen and oxygen atoms in total. The van der Waals surface area contributed by atoms with Gasteiger partial charge in [0.05, 0.1) is 5.69 Å². The van der Waals surface area contributed by atoms with Gasteiger partial charge in [0.2, 0.25) is 0 Å². The lowest BCUT2D eigenvalue weighted by atomic mass is 10.1. The Hall–Kier alpha value is -2.03. The zero-order valence-corrected chi connectivity index (χ0v) is 14.4. The summed E-state index contributed by atoms with van der Waals surface area (Å²) in [4.78, 5) is 7.11. The van der Waals surface area contributed by atoms with Crippen molar-refractivity contribution >= 4 is 5.69 Å². The van der Waals surface area contributed by atoms with Gasteiger partial charge in [-0.05, 0) is 75.4 Å². The second kappa shape index (κ2) is 7.03. The number of benzene rings is 1. The van der Waals surface area contributed by atoms with Crippen molar-refractivity contribution < 1.29 is 4.74 Å². The molecule has 1 aromatic carbocycles. The summed E-state index contributed by atoms with van der Waals surface area (Å²) in [6.07, 6.45) is 3.93. The van der Waals surface area contributed by atoms with Crippen LogP contribution in [0.3, 0.4) is 0 Å². The molecule has 2 heterocycles. The van der Waals surface area contributed by atoms with Gasteiger partial charge in [0.1, 0.15) is 12.4 Å². The van der Waals surface area contributed by atoms with Gasteiger partial charge in [0.15, 0.2) is 0 Å². The third-order valence-corrected chi connectivity index (χ3v) is 4.29. The SMILES string of the molecule is Cc1cc(C)cc(OCc2cc(N3CCCCC3)cc(C)n2)c1. The Bertz CT molecular complexity index is 655. The lowest BCUT2D eigenvalue weighted by Gasteiger charge is -2.29. The number of nitrogens with zero attached hydrogens (tertiary/aromatic N) is 2. The molecule has 3 rings (SSSR count). The first-order valence-electron chi connectivity index (χ1n) is 8.54. The zero-order valence-electron chi connectivity index (χ0n) is 14.4. The fourth-order valence-corrected chi connectivity index (χ4v) is 3.30. The number of hydrogen-bond donors (Lipinski definition) is 0. The van der Waals surface area contributed by atoms with Crippen LogP contribution in [0.15, 0.2) is 30.3 Å². The van der Waals surface area contributed by atoms with Crippen molar-refractivity contribution in [3.05, 3.63) is 52.8 Å². The summed E-state index contributed by atoms with van der Waals surface area (Å²) in [5.74, 6) is 0.922. The highest BCUT2D eigenvalue weighted by Crippen LogP contribution is 2.23. The predicted octanol–water partition coefficient (Wildman–Crippen LogP) is 4.58. The molecule has 122 valence electrons. The third-order valence-electron chi connectivity index (χ3n) is 4.29. The van der Waals surface area contributed by atoms with E-state index in [2.05, 4.69) is 61.0 Å². The molecular weight excluding hydrogens is 284 g/mol. The molecule has 0 N–H and O–H groups in total. The molecule has 0 amide bonds. The van der Waals surface area contributed by atoms with Crippen LogP contribution in [0, 0.1) is 20.8 Å². The number of aromatic nitrogens is 1. The van der Waals surface area contributed by atoms with Gasteiger partial charge in [0, 0.05) is 24.5 Å². The standard InChI is InChI=1S/C20H26N2O/c1-15-9-16(2)11-20(10-15)23-14-18-13-19(12-17(3)21-18)22-7-5-4-6-8-22/h9-13H,4-8,14H2,1-3H3. The molecule has 1 aliphatic heterocycles. The Morgan fingerprint density at radius 2 is 1.61 bits per heavy atom. The Labute approximate surface area is 139 Å². The summed E-state index contributed by atoms with van der Waals surface area (Å²) >= 11 is 0. The summed E-state index contributed by atoms with van der Waals surface area (Å²) in [5.41, 5.74) is 5.81.